The van der Waals surface area contributed by atoms with Crippen LogP contribution in [-0.4, -0.2) is 15.9 Å². The molecule has 0 aliphatic heterocycles. The Kier molecular flexibility index (Phi) is 4.04. The minimum atomic E-state index is -0.112. The van der Waals surface area contributed by atoms with Crippen LogP contribution in [0.4, 0.5) is 0 Å². The molecule has 0 unspecified atom stereocenters. The molecule has 0 spiro atoms. The summed E-state index contributed by atoms with van der Waals surface area (Å²) in [6.07, 6.45) is 1.50. The summed E-state index contributed by atoms with van der Waals surface area (Å²) in [5, 5.41) is 2.82. The van der Waals surface area contributed by atoms with Crippen LogP contribution < -0.4 is 5.32 Å². The van der Waals surface area contributed by atoms with Gasteiger partial charge in [0.1, 0.15) is 6.33 Å². The highest BCUT2D eigenvalue weighted by molar-refractivity contribution is 9.10. The molecule has 5 heteroatoms. The second-order valence-corrected chi connectivity index (χ2v) is 4.76. The van der Waals surface area contributed by atoms with Gasteiger partial charge in [0.2, 0.25) is 0 Å². The molecule has 0 saturated carbocycles. The van der Waals surface area contributed by atoms with Crippen LogP contribution in [0.3, 0.4) is 0 Å². The monoisotopic (exact) mass is 305 g/mol. The van der Waals surface area contributed by atoms with Crippen molar-refractivity contribution in [3.8, 4) is 0 Å². The molecule has 1 aromatic heterocycles. The van der Waals surface area contributed by atoms with E-state index in [-0.39, 0.29) is 5.91 Å². The number of halogens is 1. The number of rotatable bonds is 3. The molecule has 92 valence electrons. The zero-order valence-corrected chi connectivity index (χ0v) is 11.4. The van der Waals surface area contributed by atoms with Gasteiger partial charge in [-0.05, 0) is 37.3 Å². The van der Waals surface area contributed by atoms with Gasteiger partial charge < -0.3 is 5.32 Å². The second kappa shape index (κ2) is 5.73. The lowest BCUT2D eigenvalue weighted by Crippen LogP contribution is -2.23. The summed E-state index contributed by atoms with van der Waals surface area (Å²) in [6, 6.07) is 9.06. The van der Waals surface area contributed by atoms with E-state index in [9.17, 15) is 4.79 Å². The maximum Gasteiger partial charge on any atom is 0.251 e. The van der Waals surface area contributed by atoms with E-state index in [1.807, 2.05) is 25.1 Å². The van der Waals surface area contributed by atoms with E-state index in [1.165, 1.54) is 6.33 Å². The predicted molar refractivity (Wildman–Crippen MR) is 72.1 cm³/mol. The first-order valence-electron chi connectivity index (χ1n) is 5.46. The van der Waals surface area contributed by atoms with Gasteiger partial charge in [-0.25, -0.2) is 9.97 Å². The minimum Gasteiger partial charge on any atom is -0.346 e. The average molecular weight is 306 g/mol. The zero-order chi connectivity index (χ0) is 13.0. The number of carbonyl (C=O) groups is 1. The first-order valence-corrected chi connectivity index (χ1v) is 6.26. The highest BCUT2D eigenvalue weighted by Crippen LogP contribution is 2.10. The van der Waals surface area contributed by atoms with Crippen LogP contribution in [0.15, 0.2) is 41.1 Å². The summed E-state index contributed by atoms with van der Waals surface area (Å²) in [5.41, 5.74) is 2.31. The van der Waals surface area contributed by atoms with Crippen molar-refractivity contribution in [1.82, 2.24) is 15.3 Å². The number of aryl methyl sites for hydroxylation is 1. The third-order valence-corrected chi connectivity index (χ3v) is 2.93. The maximum absolute atomic E-state index is 11.8. The molecular formula is C13H12BrN3O. The van der Waals surface area contributed by atoms with Crippen LogP contribution >= 0.6 is 15.9 Å². The Morgan fingerprint density at radius 3 is 2.67 bits per heavy atom. The fourth-order valence-electron chi connectivity index (χ4n) is 1.48. The van der Waals surface area contributed by atoms with Crippen molar-refractivity contribution < 1.29 is 4.79 Å². The highest BCUT2D eigenvalue weighted by Gasteiger charge is 2.05. The number of nitrogens with zero attached hydrogens (tertiary/aromatic N) is 2. The van der Waals surface area contributed by atoms with Gasteiger partial charge in [-0.15, -0.1) is 0 Å². The van der Waals surface area contributed by atoms with E-state index in [1.54, 1.807) is 12.1 Å². The number of aromatic nitrogens is 2. The summed E-state index contributed by atoms with van der Waals surface area (Å²) in [6.45, 7) is 2.29. The summed E-state index contributed by atoms with van der Waals surface area (Å²) in [4.78, 5) is 19.9. The molecule has 4 nitrogen and oxygen atoms in total. The molecule has 0 fully saturated rings. The lowest BCUT2D eigenvalue weighted by Gasteiger charge is -2.05. The highest BCUT2D eigenvalue weighted by atomic mass is 79.9. The molecule has 2 rings (SSSR count). The molecular weight excluding hydrogens is 294 g/mol. The summed E-state index contributed by atoms with van der Waals surface area (Å²) >= 11 is 3.33. The molecule has 0 aliphatic carbocycles. The van der Waals surface area contributed by atoms with Crippen LogP contribution in [0.25, 0.3) is 0 Å². The van der Waals surface area contributed by atoms with Crippen LogP contribution in [-0.2, 0) is 6.54 Å². The van der Waals surface area contributed by atoms with Gasteiger partial charge >= 0.3 is 0 Å². The smallest absolute Gasteiger partial charge is 0.251 e. The normalized spacial score (nSPS) is 10.1. The number of benzene rings is 1. The van der Waals surface area contributed by atoms with Crippen LogP contribution in [0, 0.1) is 6.92 Å². The van der Waals surface area contributed by atoms with Crippen molar-refractivity contribution in [2.45, 2.75) is 13.5 Å². The molecule has 18 heavy (non-hydrogen) atoms. The fraction of sp³-hybridized carbons (Fsp3) is 0.154. The molecule has 0 bridgehead atoms. The molecule has 0 saturated heterocycles. The van der Waals surface area contributed by atoms with Gasteiger partial charge in [-0.2, -0.15) is 0 Å². The van der Waals surface area contributed by atoms with Crippen LogP contribution in [0.2, 0.25) is 0 Å². The van der Waals surface area contributed by atoms with Crippen LogP contribution in [0.1, 0.15) is 21.7 Å². The molecule has 1 aromatic carbocycles. The third-order valence-electron chi connectivity index (χ3n) is 2.40. The Balaban J connectivity index is 1.98. The minimum absolute atomic E-state index is 0.112. The SMILES string of the molecule is Cc1cc(CNC(=O)c2ccc(Br)cc2)ncn1. The summed E-state index contributed by atoms with van der Waals surface area (Å²) < 4.78 is 0.950. The van der Waals surface area contributed by atoms with Crippen molar-refractivity contribution in [3.63, 3.8) is 0 Å². The van der Waals surface area contributed by atoms with Gasteiger partial charge in [0.25, 0.3) is 5.91 Å². The quantitative estimate of drug-likeness (QED) is 0.948. The van der Waals surface area contributed by atoms with Crippen molar-refractivity contribution >= 4 is 21.8 Å². The van der Waals surface area contributed by atoms with E-state index >= 15 is 0 Å². The molecule has 0 radical (unpaired) electrons. The lowest BCUT2D eigenvalue weighted by molar-refractivity contribution is 0.0950. The predicted octanol–water partition coefficient (Wildman–Crippen LogP) is 2.48. The maximum atomic E-state index is 11.8. The van der Waals surface area contributed by atoms with E-state index in [2.05, 4.69) is 31.2 Å². The summed E-state index contributed by atoms with van der Waals surface area (Å²) in [5.74, 6) is -0.112. The Hall–Kier alpha value is -1.75. The van der Waals surface area contributed by atoms with Crippen molar-refractivity contribution in [2.75, 3.05) is 0 Å². The number of hydrogen-bond acceptors (Lipinski definition) is 3. The first-order chi connectivity index (χ1) is 8.65. The molecule has 1 amide bonds. The Bertz CT molecular complexity index is 554. The van der Waals surface area contributed by atoms with Crippen molar-refractivity contribution in [3.05, 3.63) is 58.1 Å². The van der Waals surface area contributed by atoms with E-state index < -0.39 is 0 Å². The fourth-order valence-corrected chi connectivity index (χ4v) is 1.74. The Labute approximate surface area is 114 Å². The van der Waals surface area contributed by atoms with Gasteiger partial charge in [0, 0.05) is 15.7 Å². The summed E-state index contributed by atoms with van der Waals surface area (Å²) in [7, 11) is 0. The van der Waals surface area contributed by atoms with E-state index in [0.717, 1.165) is 15.9 Å². The van der Waals surface area contributed by atoms with Crippen molar-refractivity contribution in [1.29, 1.82) is 0 Å². The van der Waals surface area contributed by atoms with Gasteiger partial charge in [0.05, 0.1) is 12.2 Å². The van der Waals surface area contributed by atoms with Gasteiger partial charge in [0.15, 0.2) is 0 Å². The van der Waals surface area contributed by atoms with Gasteiger partial charge in [-0.1, -0.05) is 15.9 Å². The van der Waals surface area contributed by atoms with Crippen molar-refractivity contribution in [2.24, 2.45) is 0 Å². The standard InChI is InChI=1S/C13H12BrN3O/c1-9-6-12(17-8-16-9)7-15-13(18)10-2-4-11(14)5-3-10/h2-6,8H,7H2,1H3,(H,15,18). The second-order valence-electron chi connectivity index (χ2n) is 3.84. The Morgan fingerprint density at radius 2 is 2.00 bits per heavy atom. The number of nitrogens with one attached hydrogen (secondary N) is 1. The van der Waals surface area contributed by atoms with Gasteiger partial charge in [-0.3, -0.25) is 4.79 Å². The molecule has 2 aromatic rings. The molecule has 0 aliphatic rings. The lowest BCUT2D eigenvalue weighted by atomic mass is 10.2. The first kappa shape index (κ1) is 12.7. The largest absolute Gasteiger partial charge is 0.346 e. The van der Waals surface area contributed by atoms with E-state index in [0.29, 0.717) is 12.1 Å². The number of amides is 1. The Morgan fingerprint density at radius 1 is 1.28 bits per heavy atom. The number of carbonyl (C=O) groups excluding carboxylic acids is 1. The topological polar surface area (TPSA) is 54.9 Å². The average Bonchev–Trinajstić information content (AvgIpc) is 2.37. The zero-order valence-electron chi connectivity index (χ0n) is 9.85. The third kappa shape index (κ3) is 3.37. The number of hydrogen-bond donors (Lipinski definition) is 1. The van der Waals surface area contributed by atoms with Crippen LogP contribution in [0.5, 0.6) is 0 Å². The van der Waals surface area contributed by atoms with E-state index in [4.69, 9.17) is 0 Å². The molecule has 0 atom stereocenters. The molecule has 1 N–H and O–H groups in total. The molecule has 1 heterocycles.